The van der Waals surface area contributed by atoms with Gasteiger partial charge < -0.3 is 5.32 Å². The number of benzene rings is 1. The minimum absolute atomic E-state index is 0.118. The second-order valence-electron chi connectivity index (χ2n) is 10.6. The smallest absolute Gasteiger partial charge is 0.230 e. The van der Waals surface area contributed by atoms with Crippen molar-refractivity contribution in [3.8, 4) is 6.07 Å². The van der Waals surface area contributed by atoms with Crippen LogP contribution in [0.25, 0.3) is 0 Å². The Hall–Kier alpha value is -4.26. The summed E-state index contributed by atoms with van der Waals surface area (Å²) in [5.74, 6) is 0.634. The average molecular weight is 567 g/mol. The Morgan fingerprint density at radius 3 is 2.20 bits per heavy atom. The number of carbonyl (C=O) groups excluding carboxylic acids is 1. The first-order chi connectivity index (χ1) is 19.8. The fourth-order valence-electron chi connectivity index (χ4n) is 4.31. The third-order valence-corrected chi connectivity index (χ3v) is 7.85. The first-order valence-corrected chi connectivity index (χ1v) is 14.7. The van der Waals surface area contributed by atoms with E-state index in [0.717, 1.165) is 22.6 Å². The van der Waals surface area contributed by atoms with E-state index >= 15 is 0 Å². The van der Waals surface area contributed by atoms with Crippen molar-refractivity contribution in [2.24, 2.45) is 5.41 Å². The standard InChI is InChI=1S/C32H34N6O2S/c1-32(2,3)31(39)37-29-17-10-13-25(36-29)23-38(22-24-12-4-5-16-28(24)41(40)21-11-18-33)30(26-14-6-8-19-34-26)27-15-7-9-20-35-27/h4-10,12-17,19-20,30H,11,21-23H2,1-3H3,(H,36,37,39)/t41-/m1/s1. The van der Waals surface area contributed by atoms with Crippen molar-refractivity contribution < 1.29 is 9.00 Å². The zero-order chi connectivity index (χ0) is 29.2. The van der Waals surface area contributed by atoms with Crippen LogP contribution < -0.4 is 5.32 Å². The zero-order valence-corrected chi connectivity index (χ0v) is 24.3. The predicted molar refractivity (Wildman–Crippen MR) is 160 cm³/mol. The van der Waals surface area contributed by atoms with Gasteiger partial charge in [-0.25, -0.2) is 4.98 Å². The maximum absolute atomic E-state index is 13.2. The van der Waals surface area contributed by atoms with Crippen LogP contribution in [-0.4, -0.2) is 35.7 Å². The number of pyridine rings is 3. The minimum atomic E-state index is -1.32. The highest BCUT2D eigenvalue weighted by Gasteiger charge is 2.27. The number of nitrogens with one attached hydrogen (secondary N) is 1. The quantitative estimate of drug-likeness (QED) is 0.249. The monoisotopic (exact) mass is 566 g/mol. The molecular formula is C32H34N6O2S. The van der Waals surface area contributed by atoms with E-state index in [1.165, 1.54) is 0 Å². The molecule has 0 saturated heterocycles. The number of nitriles is 1. The van der Waals surface area contributed by atoms with Gasteiger partial charge in [-0.15, -0.1) is 0 Å². The number of anilines is 1. The number of amides is 1. The molecule has 1 aromatic carbocycles. The summed E-state index contributed by atoms with van der Waals surface area (Å²) in [6.07, 6.45) is 3.73. The molecule has 0 bridgehead atoms. The summed E-state index contributed by atoms with van der Waals surface area (Å²) in [5.41, 5.74) is 2.70. The SMILES string of the molecule is CC(C)(C)C(=O)Nc1cccc(CN(Cc2ccccc2[S@](=O)CCC#N)C(c2ccccn2)c2ccccn2)n1. The highest BCUT2D eigenvalue weighted by Crippen LogP contribution is 2.30. The Morgan fingerprint density at radius 2 is 1.59 bits per heavy atom. The number of carbonyl (C=O) groups is 1. The zero-order valence-electron chi connectivity index (χ0n) is 23.5. The van der Waals surface area contributed by atoms with Gasteiger partial charge in [0.2, 0.25) is 5.91 Å². The molecule has 0 spiro atoms. The van der Waals surface area contributed by atoms with Crippen molar-refractivity contribution in [3.05, 3.63) is 114 Å². The molecule has 0 fully saturated rings. The van der Waals surface area contributed by atoms with E-state index in [2.05, 4.69) is 26.3 Å². The molecule has 0 aliphatic heterocycles. The molecule has 3 heterocycles. The van der Waals surface area contributed by atoms with Crippen LogP contribution in [-0.2, 0) is 28.7 Å². The topological polar surface area (TPSA) is 112 Å². The maximum Gasteiger partial charge on any atom is 0.230 e. The Morgan fingerprint density at radius 1 is 0.927 bits per heavy atom. The lowest BCUT2D eigenvalue weighted by atomic mass is 9.96. The molecule has 1 atom stereocenters. The van der Waals surface area contributed by atoms with Gasteiger partial charge in [-0.2, -0.15) is 5.26 Å². The first kappa shape index (κ1) is 29.7. The number of rotatable bonds is 11. The van der Waals surface area contributed by atoms with Gasteiger partial charge in [0.05, 0.1) is 40.0 Å². The molecule has 0 saturated carbocycles. The molecule has 1 N–H and O–H groups in total. The van der Waals surface area contributed by atoms with Crippen LogP contribution in [0.5, 0.6) is 0 Å². The van der Waals surface area contributed by atoms with Gasteiger partial charge in [0, 0.05) is 48.0 Å². The van der Waals surface area contributed by atoms with E-state index in [9.17, 15) is 9.00 Å². The fourth-order valence-corrected chi connectivity index (χ4v) is 5.46. The first-order valence-electron chi connectivity index (χ1n) is 13.4. The molecule has 1 amide bonds. The molecule has 3 aromatic heterocycles. The lowest BCUT2D eigenvalue weighted by Gasteiger charge is -2.31. The fraction of sp³-hybridized carbons (Fsp3) is 0.281. The van der Waals surface area contributed by atoms with Crippen molar-refractivity contribution in [1.29, 1.82) is 5.26 Å². The second kappa shape index (κ2) is 13.9. The van der Waals surface area contributed by atoms with Gasteiger partial charge in [0.15, 0.2) is 0 Å². The van der Waals surface area contributed by atoms with E-state index in [0.29, 0.717) is 23.8 Å². The van der Waals surface area contributed by atoms with Crippen LogP contribution in [0.15, 0.2) is 96.2 Å². The Balaban J connectivity index is 1.76. The highest BCUT2D eigenvalue weighted by atomic mass is 32.2. The number of hydrogen-bond donors (Lipinski definition) is 1. The lowest BCUT2D eigenvalue weighted by molar-refractivity contribution is -0.123. The van der Waals surface area contributed by atoms with Gasteiger partial charge in [-0.3, -0.25) is 23.9 Å². The molecule has 8 nitrogen and oxygen atoms in total. The summed E-state index contributed by atoms with van der Waals surface area (Å²) in [6.45, 7) is 6.39. The number of hydrogen-bond acceptors (Lipinski definition) is 7. The van der Waals surface area contributed by atoms with E-state index in [4.69, 9.17) is 10.2 Å². The molecule has 210 valence electrons. The normalized spacial score (nSPS) is 12.2. The number of nitrogens with zero attached hydrogens (tertiary/aromatic N) is 5. The Bertz CT molecular complexity index is 1480. The van der Waals surface area contributed by atoms with Crippen molar-refractivity contribution in [1.82, 2.24) is 19.9 Å². The Kier molecular flexibility index (Phi) is 10.1. The van der Waals surface area contributed by atoms with E-state index in [-0.39, 0.29) is 24.1 Å². The lowest BCUT2D eigenvalue weighted by Crippen LogP contribution is -2.31. The van der Waals surface area contributed by atoms with Crippen molar-refractivity contribution in [2.45, 2.75) is 51.2 Å². The van der Waals surface area contributed by atoms with Gasteiger partial charge in [-0.1, -0.05) is 57.2 Å². The summed E-state index contributed by atoms with van der Waals surface area (Å²) < 4.78 is 13.2. The molecule has 41 heavy (non-hydrogen) atoms. The van der Waals surface area contributed by atoms with Crippen LogP contribution in [0.2, 0.25) is 0 Å². The molecule has 0 aliphatic carbocycles. The number of aromatic nitrogens is 3. The van der Waals surface area contributed by atoms with Crippen LogP contribution in [0.1, 0.15) is 55.9 Å². The molecular weight excluding hydrogens is 532 g/mol. The van der Waals surface area contributed by atoms with E-state index in [1.54, 1.807) is 18.5 Å². The Labute approximate surface area is 244 Å². The summed E-state index contributed by atoms with van der Waals surface area (Å²) in [4.78, 5) is 29.7. The highest BCUT2D eigenvalue weighted by molar-refractivity contribution is 7.85. The van der Waals surface area contributed by atoms with Crippen LogP contribution in [0, 0.1) is 16.7 Å². The second-order valence-corrected chi connectivity index (χ2v) is 12.1. The third kappa shape index (κ3) is 8.13. The minimum Gasteiger partial charge on any atom is -0.310 e. The molecule has 4 rings (SSSR count). The third-order valence-electron chi connectivity index (χ3n) is 6.39. The summed E-state index contributed by atoms with van der Waals surface area (Å²) in [7, 11) is -1.32. The summed E-state index contributed by atoms with van der Waals surface area (Å²) in [6, 6.07) is 26.5. The van der Waals surface area contributed by atoms with Crippen LogP contribution in [0.3, 0.4) is 0 Å². The summed E-state index contributed by atoms with van der Waals surface area (Å²) in [5, 5.41) is 12.0. The van der Waals surface area contributed by atoms with Gasteiger partial charge in [0.25, 0.3) is 0 Å². The average Bonchev–Trinajstić information content (AvgIpc) is 2.97. The van der Waals surface area contributed by atoms with Crippen LogP contribution in [0.4, 0.5) is 5.82 Å². The molecule has 4 aromatic rings. The van der Waals surface area contributed by atoms with Gasteiger partial charge in [0.1, 0.15) is 5.82 Å². The van der Waals surface area contributed by atoms with E-state index in [1.807, 2.05) is 93.6 Å². The van der Waals surface area contributed by atoms with Gasteiger partial charge in [-0.05, 0) is 48.0 Å². The molecule has 9 heteroatoms. The van der Waals surface area contributed by atoms with Crippen molar-refractivity contribution in [3.63, 3.8) is 0 Å². The summed E-state index contributed by atoms with van der Waals surface area (Å²) >= 11 is 0. The molecule has 0 radical (unpaired) electrons. The van der Waals surface area contributed by atoms with Crippen molar-refractivity contribution in [2.75, 3.05) is 11.1 Å². The van der Waals surface area contributed by atoms with E-state index < -0.39 is 16.2 Å². The van der Waals surface area contributed by atoms with Gasteiger partial charge >= 0.3 is 0 Å². The van der Waals surface area contributed by atoms with Crippen molar-refractivity contribution >= 4 is 22.5 Å². The maximum atomic E-state index is 13.2. The predicted octanol–water partition coefficient (Wildman–Crippen LogP) is 5.67. The van der Waals surface area contributed by atoms with Crippen LogP contribution >= 0.6 is 0 Å². The molecule has 0 unspecified atom stereocenters. The molecule has 0 aliphatic rings. The largest absolute Gasteiger partial charge is 0.310 e.